The topological polar surface area (TPSA) is 49.8 Å². The number of ether oxygens (including phenoxy) is 1. The van der Waals surface area contributed by atoms with Crippen LogP contribution in [0.3, 0.4) is 0 Å². The predicted octanol–water partition coefficient (Wildman–Crippen LogP) is 3.95. The van der Waals surface area contributed by atoms with Crippen molar-refractivity contribution in [1.29, 1.82) is 0 Å². The molecule has 1 aliphatic heterocycles. The van der Waals surface area contributed by atoms with Crippen LogP contribution in [-0.4, -0.2) is 42.2 Å². The summed E-state index contributed by atoms with van der Waals surface area (Å²) in [5.74, 6) is 0.205. The fraction of sp³-hybridized carbons (Fsp3) is 0.562. The lowest BCUT2D eigenvalue weighted by atomic mass is 9.97. The first-order valence-electron chi connectivity index (χ1n) is 7.56. The molecule has 1 N–H and O–H groups in total. The summed E-state index contributed by atoms with van der Waals surface area (Å²) in [6.07, 6.45) is 3.24. The third kappa shape index (κ3) is 5.67. The van der Waals surface area contributed by atoms with Crippen molar-refractivity contribution in [1.82, 2.24) is 4.90 Å². The van der Waals surface area contributed by atoms with Crippen LogP contribution in [0.2, 0.25) is 10.0 Å². The molecule has 0 radical (unpaired) electrons. The summed E-state index contributed by atoms with van der Waals surface area (Å²) in [4.78, 5) is 13.1. The van der Waals surface area contributed by atoms with Crippen LogP contribution in [0.15, 0.2) is 18.2 Å². The summed E-state index contributed by atoms with van der Waals surface area (Å²) < 4.78 is 5.70. The fourth-order valence-electron chi connectivity index (χ4n) is 2.77. The lowest BCUT2D eigenvalue weighted by molar-refractivity contribution is -0.138. The summed E-state index contributed by atoms with van der Waals surface area (Å²) >= 11 is 12.0. The average Bonchev–Trinajstić information content (AvgIpc) is 2.68. The largest absolute Gasteiger partial charge is 0.491 e. The molecule has 1 aliphatic rings. The lowest BCUT2D eigenvalue weighted by Gasteiger charge is -2.20. The quantitative estimate of drug-likeness (QED) is 0.847. The van der Waals surface area contributed by atoms with Gasteiger partial charge in [-0.05, 0) is 50.4 Å². The van der Waals surface area contributed by atoms with Gasteiger partial charge in [-0.3, -0.25) is 9.69 Å². The zero-order chi connectivity index (χ0) is 15.9. The van der Waals surface area contributed by atoms with Crippen LogP contribution in [0.5, 0.6) is 5.75 Å². The van der Waals surface area contributed by atoms with Crippen LogP contribution in [-0.2, 0) is 4.79 Å². The molecular weight excluding hydrogens is 325 g/mol. The molecule has 0 amide bonds. The van der Waals surface area contributed by atoms with Gasteiger partial charge in [-0.1, -0.05) is 23.2 Å². The number of halogens is 2. The number of carboxylic acids is 1. The third-order valence-corrected chi connectivity index (χ3v) is 4.51. The number of aliphatic carboxylic acids is 1. The number of carbonyl (C=O) groups is 1. The van der Waals surface area contributed by atoms with E-state index in [9.17, 15) is 4.79 Å². The monoisotopic (exact) mass is 345 g/mol. The molecule has 1 atom stereocenters. The molecule has 1 saturated heterocycles. The smallest absolute Gasteiger partial charge is 0.303 e. The summed E-state index contributed by atoms with van der Waals surface area (Å²) in [6, 6.07) is 5.17. The van der Waals surface area contributed by atoms with Gasteiger partial charge in [0.05, 0.1) is 5.02 Å². The molecule has 22 heavy (non-hydrogen) atoms. The van der Waals surface area contributed by atoms with Crippen LogP contribution in [0.1, 0.15) is 25.7 Å². The van der Waals surface area contributed by atoms with Crippen LogP contribution in [0, 0.1) is 5.92 Å². The van der Waals surface area contributed by atoms with Crippen LogP contribution >= 0.6 is 23.2 Å². The van der Waals surface area contributed by atoms with E-state index in [1.807, 2.05) is 0 Å². The number of nitrogens with zero attached hydrogens (tertiary/aromatic N) is 1. The van der Waals surface area contributed by atoms with E-state index in [2.05, 4.69) is 4.90 Å². The minimum Gasteiger partial charge on any atom is -0.491 e. The molecule has 1 aromatic rings. The number of hydrogen-bond donors (Lipinski definition) is 1. The van der Waals surface area contributed by atoms with Crippen LogP contribution in [0.25, 0.3) is 0 Å². The van der Waals surface area contributed by atoms with Crippen molar-refractivity contribution in [2.24, 2.45) is 5.92 Å². The fourth-order valence-corrected chi connectivity index (χ4v) is 3.11. The molecular formula is C16H21Cl2NO3. The Bertz CT molecular complexity index is 510. The van der Waals surface area contributed by atoms with E-state index in [-0.39, 0.29) is 6.42 Å². The first-order chi connectivity index (χ1) is 10.5. The van der Waals surface area contributed by atoms with E-state index in [4.69, 9.17) is 33.0 Å². The Balaban J connectivity index is 1.75. The van der Waals surface area contributed by atoms with Gasteiger partial charge < -0.3 is 9.84 Å². The van der Waals surface area contributed by atoms with E-state index in [1.165, 1.54) is 0 Å². The maximum Gasteiger partial charge on any atom is 0.303 e. The first kappa shape index (κ1) is 17.4. The molecule has 0 aliphatic carbocycles. The Hall–Kier alpha value is -0.970. The average molecular weight is 346 g/mol. The van der Waals surface area contributed by atoms with Crippen LogP contribution < -0.4 is 4.74 Å². The molecule has 122 valence electrons. The van der Waals surface area contributed by atoms with E-state index < -0.39 is 5.97 Å². The molecule has 1 unspecified atom stereocenters. The van der Waals surface area contributed by atoms with Gasteiger partial charge in [-0.15, -0.1) is 0 Å². The van der Waals surface area contributed by atoms with Gasteiger partial charge in [0.2, 0.25) is 0 Å². The van der Waals surface area contributed by atoms with Gasteiger partial charge >= 0.3 is 5.97 Å². The molecule has 0 saturated carbocycles. The molecule has 1 aromatic carbocycles. The Morgan fingerprint density at radius 3 is 2.91 bits per heavy atom. The van der Waals surface area contributed by atoms with Gasteiger partial charge in [0.1, 0.15) is 12.4 Å². The molecule has 0 bridgehead atoms. The van der Waals surface area contributed by atoms with Gasteiger partial charge in [0.15, 0.2) is 0 Å². The van der Waals surface area contributed by atoms with E-state index in [0.717, 1.165) is 38.9 Å². The second-order valence-corrected chi connectivity index (χ2v) is 6.50. The van der Waals surface area contributed by atoms with Gasteiger partial charge in [-0.2, -0.15) is 0 Å². The summed E-state index contributed by atoms with van der Waals surface area (Å²) in [5, 5.41) is 10.0. The summed E-state index contributed by atoms with van der Waals surface area (Å²) in [5.41, 5.74) is 0. The highest BCUT2D eigenvalue weighted by atomic mass is 35.5. The van der Waals surface area contributed by atoms with E-state index in [1.54, 1.807) is 18.2 Å². The van der Waals surface area contributed by atoms with Crippen molar-refractivity contribution in [2.75, 3.05) is 26.2 Å². The third-order valence-electron chi connectivity index (χ3n) is 3.96. The number of hydrogen-bond acceptors (Lipinski definition) is 3. The maximum absolute atomic E-state index is 10.8. The zero-order valence-electron chi connectivity index (χ0n) is 12.4. The van der Waals surface area contributed by atoms with Crippen molar-refractivity contribution in [3.8, 4) is 5.75 Å². The first-order valence-corrected chi connectivity index (χ1v) is 8.32. The van der Waals surface area contributed by atoms with Crippen molar-refractivity contribution >= 4 is 29.2 Å². The molecule has 2 rings (SSSR count). The minimum absolute atomic E-state index is 0.280. The Kier molecular flexibility index (Phi) is 6.80. The molecule has 1 fully saturated rings. The number of rotatable bonds is 6. The number of likely N-dealkylation sites (tertiary alicyclic amines) is 1. The van der Waals surface area contributed by atoms with Crippen molar-refractivity contribution in [2.45, 2.75) is 25.7 Å². The number of benzene rings is 1. The minimum atomic E-state index is -0.697. The SMILES string of the molecule is O=C(O)CC1CCCN(CCOc2cc(Cl)ccc2Cl)CC1. The zero-order valence-corrected chi connectivity index (χ0v) is 13.9. The molecule has 6 heteroatoms. The lowest BCUT2D eigenvalue weighted by Crippen LogP contribution is -2.29. The Labute approximate surface area is 141 Å². The van der Waals surface area contributed by atoms with Gasteiger partial charge in [0, 0.05) is 24.1 Å². The second kappa shape index (κ2) is 8.61. The second-order valence-electron chi connectivity index (χ2n) is 5.66. The van der Waals surface area contributed by atoms with Gasteiger partial charge in [-0.25, -0.2) is 0 Å². The maximum atomic E-state index is 10.8. The van der Waals surface area contributed by atoms with E-state index in [0.29, 0.717) is 28.3 Å². The molecule has 1 heterocycles. The van der Waals surface area contributed by atoms with Crippen molar-refractivity contribution in [3.63, 3.8) is 0 Å². The number of carboxylic acid groups (broad SMARTS) is 1. The Morgan fingerprint density at radius 1 is 1.32 bits per heavy atom. The van der Waals surface area contributed by atoms with E-state index >= 15 is 0 Å². The predicted molar refractivity (Wildman–Crippen MR) is 88.0 cm³/mol. The normalized spacial score (nSPS) is 19.6. The highest BCUT2D eigenvalue weighted by molar-refractivity contribution is 6.34. The summed E-state index contributed by atoms with van der Waals surface area (Å²) in [7, 11) is 0. The Morgan fingerprint density at radius 2 is 2.14 bits per heavy atom. The molecule has 0 spiro atoms. The molecule has 4 nitrogen and oxygen atoms in total. The highest BCUT2D eigenvalue weighted by Gasteiger charge is 2.19. The van der Waals surface area contributed by atoms with Crippen molar-refractivity contribution in [3.05, 3.63) is 28.2 Å². The van der Waals surface area contributed by atoms with Crippen molar-refractivity contribution < 1.29 is 14.6 Å². The highest BCUT2D eigenvalue weighted by Crippen LogP contribution is 2.27. The van der Waals surface area contributed by atoms with Gasteiger partial charge in [0.25, 0.3) is 0 Å². The summed E-state index contributed by atoms with van der Waals surface area (Å²) in [6.45, 7) is 3.26. The molecule has 0 aromatic heterocycles. The van der Waals surface area contributed by atoms with Crippen LogP contribution in [0.4, 0.5) is 0 Å². The standard InChI is InChI=1S/C16H21Cl2NO3/c17-13-3-4-14(18)15(11-13)22-9-8-19-6-1-2-12(5-7-19)10-16(20)21/h3-4,11-12H,1-2,5-10H2,(H,20,21).